The number of carbonyl (C=O) groups is 2. The highest BCUT2D eigenvalue weighted by Crippen LogP contribution is 2.27. The minimum Gasteiger partial charge on any atom is -0.371 e. The average molecular weight is 442 g/mol. The Morgan fingerprint density at radius 3 is 2.64 bits per heavy atom. The minimum absolute atomic E-state index is 0.00677. The van der Waals surface area contributed by atoms with Gasteiger partial charge in [-0.05, 0) is 42.7 Å². The number of anilines is 2. The number of carbonyl (C=O) groups excluding carboxylic acids is 2. The summed E-state index contributed by atoms with van der Waals surface area (Å²) in [6, 6.07) is 17.9. The number of para-hydroxylation sites is 1. The van der Waals surface area contributed by atoms with Crippen molar-refractivity contribution in [2.24, 2.45) is 11.8 Å². The fourth-order valence-electron chi connectivity index (χ4n) is 4.04. The highest BCUT2D eigenvalue weighted by atomic mass is 79.9. The second-order valence-corrected chi connectivity index (χ2v) is 8.48. The SMILES string of the molecule is O=C(NCC1CCN(c2cccc(Br)c2)C1)C1CC(=O)N(c2ccccc2)C1. The summed E-state index contributed by atoms with van der Waals surface area (Å²) >= 11 is 3.52. The van der Waals surface area contributed by atoms with Crippen LogP contribution in [0.1, 0.15) is 12.8 Å². The van der Waals surface area contributed by atoms with Gasteiger partial charge in [0.1, 0.15) is 0 Å². The van der Waals surface area contributed by atoms with E-state index in [9.17, 15) is 9.59 Å². The summed E-state index contributed by atoms with van der Waals surface area (Å²) in [6.45, 7) is 3.07. The lowest BCUT2D eigenvalue weighted by Gasteiger charge is -2.19. The van der Waals surface area contributed by atoms with Gasteiger partial charge < -0.3 is 15.1 Å². The molecule has 2 fully saturated rings. The number of amides is 2. The van der Waals surface area contributed by atoms with E-state index in [0.29, 0.717) is 19.0 Å². The molecule has 146 valence electrons. The third kappa shape index (κ3) is 4.22. The van der Waals surface area contributed by atoms with E-state index in [0.717, 1.165) is 29.7 Å². The van der Waals surface area contributed by atoms with Crippen LogP contribution in [0.2, 0.25) is 0 Å². The lowest BCUT2D eigenvalue weighted by Crippen LogP contribution is -2.36. The van der Waals surface area contributed by atoms with Gasteiger partial charge in [-0.3, -0.25) is 9.59 Å². The van der Waals surface area contributed by atoms with Crippen LogP contribution in [0.3, 0.4) is 0 Å². The highest BCUT2D eigenvalue weighted by molar-refractivity contribution is 9.10. The average Bonchev–Trinajstić information content (AvgIpc) is 3.34. The normalized spacial score (nSPS) is 22.0. The molecule has 0 bridgehead atoms. The molecule has 2 aromatic rings. The summed E-state index contributed by atoms with van der Waals surface area (Å²) in [5, 5.41) is 3.09. The quantitative estimate of drug-likeness (QED) is 0.772. The second-order valence-electron chi connectivity index (χ2n) is 7.57. The van der Waals surface area contributed by atoms with Gasteiger partial charge in [0.25, 0.3) is 0 Å². The number of rotatable bonds is 5. The van der Waals surface area contributed by atoms with Crippen LogP contribution in [-0.4, -0.2) is 38.0 Å². The van der Waals surface area contributed by atoms with E-state index >= 15 is 0 Å². The molecule has 0 saturated carbocycles. The van der Waals surface area contributed by atoms with Gasteiger partial charge in [0.2, 0.25) is 11.8 Å². The molecule has 2 aliphatic heterocycles. The molecule has 2 atom stereocenters. The second kappa shape index (κ2) is 8.35. The van der Waals surface area contributed by atoms with E-state index in [-0.39, 0.29) is 24.2 Å². The van der Waals surface area contributed by atoms with Crippen LogP contribution in [0.4, 0.5) is 11.4 Å². The summed E-state index contributed by atoms with van der Waals surface area (Å²) in [6.07, 6.45) is 1.35. The Morgan fingerprint density at radius 2 is 1.86 bits per heavy atom. The van der Waals surface area contributed by atoms with E-state index < -0.39 is 0 Å². The Hall–Kier alpha value is -2.34. The Kier molecular flexibility index (Phi) is 5.67. The van der Waals surface area contributed by atoms with Crippen molar-refractivity contribution in [3.8, 4) is 0 Å². The van der Waals surface area contributed by atoms with Crippen LogP contribution >= 0.6 is 15.9 Å². The molecule has 6 heteroatoms. The molecule has 5 nitrogen and oxygen atoms in total. The number of benzene rings is 2. The maximum atomic E-state index is 12.6. The minimum atomic E-state index is -0.268. The van der Waals surface area contributed by atoms with E-state index in [1.165, 1.54) is 5.69 Å². The van der Waals surface area contributed by atoms with E-state index in [4.69, 9.17) is 0 Å². The van der Waals surface area contributed by atoms with Crippen molar-refractivity contribution >= 4 is 39.1 Å². The van der Waals surface area contributed by atoms with Gasteiger partial charge in [-0.15, -0.1) is 0 Å². The highest BCUT2D eigenvalue weighted by Gasteiger charge is 2.35. The molecule has 2 heterocycles. The number of hydrogen-bond acceptors (Lipinski definition) is 3. The van der Waals surface area contributed by atoms with Crippen LogP contribution in [-0.2, 0) is 9.59 Å². The monoisotopic (exact) mass is 441 g/mol. The van der Waals surface area contributed by atoms with Crippen molar-refractivity contribution in [3.05, 3.63) is 59.1 Å². The van der Waals surface area contributed by atoms with Gasteiger partial charge in [-0.1, -0.05) is 40.2 Å². The molecule has 2 amide bonds. The molecule has 2 unspecified atom stereocenters. The summed E-state index contributed by atoms with van der Waals surface area (Å²) in [4.78, 5) is 29.0. The van der Waals surface area contributed by atoms with Gasteiger partial charge in [-0.2, -0.15) is 0 Å². The lowest BCUT2D eigenvalue weighted by atomic mass is 10.1. The fourth-order valence-corrected chi connectivity index (χ4v) is 4.42. The van der Waals surface area contributed by atoms with Crippen molar-refractivity contribution < 1.29 is 9.59 Å². The van der Waals surface area contributed by atoms with Crippen molar-refractivity contribution in [1.82, 2.24) is 5.32 Å². The first kappa shape index (κ1) is 19.0. The summed E-state index contributed by atoms with van der Waals surface area (Å²) in [7, 11) is 0. The van der Waals surface area contributed by atoms with Crippen LogP contribution in [0.5, 0.6) is 0 Å². The Morgan fingerprint density at radius 1 is 1.07 bits per heavy atom. The molecule has 28 heavy (non-hydrogen) atoms. The molecule has 0 radical (unpaired) electrons. The third-order valence-electron chi connectivity index (χ3n) is 5.59. The third-order valence-corrected chi connectivity index (χ3v) is 6.08. The molecule has 2 aliphatic rings. The fraction of sp³-hybridized carbons (Fsp3) is 0.364. The number of hydrogen-bond donors (Lipinski definition) is 1. The maximum Gasteiger partial charge on any atom is 0.227 e. The number of nitrogens with one attached hydrogen (secondary N) is 1. The maximum absolute atomic E-state index is 12.6. The molecule has 4 rings (SSSR count). The summed E-state index contributed by atoms with van der Waals surface area (Å²) in [5.41, 5.74) is 2.08. The Balaban J connectivity index is 1.28. The topological polar surface area (TPSA) is 52.7 Å². The van der Waals surface area contributed by atoms with E-state index in [1.807, 2.05) is 42.5 Å². The molecule has 2 aromatic carbocycles. The molecule has 0 spiro atoms. The zero-order valence-corrected chi connectivity index (χ0v) is 17.3. The molecule has 0 aliphatic carbocycles. The smallest absolute Gasteiger partial charge is 0.227 e. The largest absolute Gasteiger partial charge is 0.371 e. The van der Waals surface area contributed by atoms with Crippen molar-refractivity contribution in [2.45, 2.75) is 12.8 Å². The molecule has 0 aromatic heterocycles. The first-order valence-electron chi connectivity index (χ1n) is 9.74. The van der Waals surface area contributed by atoms with Crippen molar-refractivity contribution in [2.75, 3.05) is 36.0 Å². The molecular formula is C22H24BrN3O2. The van der Waals surface area contributed by atoms with Gasteiger partial charge >= 0.3 is 0 Å². The van der Waals surface area contributed by atoms with Crippen LogP contribution in [0.25, 0.3) is 0 Å². The van der Waals surface area contributed by atoms with Crippen LogP contribution in [0, 0.1) is 11.8 Å². The molecule has 1 N–H and O–H groups in total. The predicted molar refractivity (Wildman–Crippen MR) is 114 cm³/mol. The zero-order valence-electron chi connectivity index (χ0n) is 15.7. The van der Waals surface area contributed by atoms with E-state index in [1.54, 1.807) is 4.90 Å². The lowest BCUT2D eigenvalue weighted by molar-refractivity contribution is -0.126. The van der Waals surface area contributed by atoms with Gasteiger partial charge in [-0.25, -0.2) is 0 Å². The van der Waals surface area contributed by atoms with Gasteiger partial charge in [0, 0.05) is 48.4 Å². The molecular weight excluding hydrogens is 418 g/mol. The zero-order chi connectivity index (χ0) is 19.5. The first-order chi connectivity index (χ1) is 13.6. The summed E-state index contributed by atoms with van der Waals surface area (Å²) < 4.78 is 1.08. The van der Waals surface area contributed by atoms with Gasteiger partial charge in [0.05, 0.1) is 5.92 Å². The molecule has 2 saturated heterocycles. The first-order valence-corrected chi connectivity index (χ1v) is 10.5. The Labute approximate surface area is 173 Å². The predicted octanol–water partition coefficient (Wildman–Crippen LogP) is 3.44. The number of halogens is 1. The summed E-state index contributed by atoms with van der Waals surface area (Å²) in [5.74, 6) is 0.182. The van der Waals surface area contributed by atoms with Crippen molar-refractivity contribution in [3.63, 3.8) is 0 Å². The van der Waals surface area contributed by atoms with Gasteiger partial charge in [0.15, 0.2) is 0 Å². The number of nitrogens with zero attached hydrogens (tertiary/aromatic N) is 2. The van der Waals surface area contributed by atoms with Crippen LogP contribution < -0.4 is 15.1 Å². The van der Waals surface area contributed by atoms with E-state index in [2.05, 4.69) is 38.3 Å². The standard InChI is InChI=1S/C22H24BrN3O2/c23-18-5-4-8-20(12-18)25-10-9-16(14-25)13-24-22(28)17-11-21(27)26(15-17)19-6-2-1-3-7-19/h1-8,12,16-17H,9-11,13-15H2,(H,24,28). The van der Waals surface area contributed by atoms with Crippen LogP contribution in [0.15, 0.2) is 59.1 Å². The van der Waals surface area contributed by atoms with Crippen molar-refractivity contribution in [1.29, 1.82) is 0 Å². The Bertz CT molecular complexity index is 858.